The summed E-state index contributed by atoms with van der Waals surface area (Å²) in [5.74, 6) is 0.0329. The Morgan fingerprint density at radius 2 is 2.10 bits per heavy atom. The Labute approximate surface area is 121 Å². The van der Waals surface area contributed by atoms with Crippen molar-refractivity contribution in [1.29, 1.82) is 0 Å². The van der Waals surface area contributed by atoms with Crippen LogP contribution in [-0.2, 0) is 13.0 Å². The molecule has 0 bridgehead atoms. The van der Waals surface area contributed by atoms with Crippen LogP contribution in [0.25, 0.3) is 0 Å². The lowest BCUT2D eigenvalue weighted by Crippen LogP contribution is -2.35. The topological polar surface area (TPSA) is 44.4 Å². The normalized spacial score (nSPS) is 14.2. The lowest BCUT2D eigenvalue weighted by Gasteiger charge is -2.19. The van der Waals surface area contributed by atoms with E-state index in [-0.39, 0.29) is 5.91 Å². The van der Waals surface area contributed by atoms with Crippen molar-refractivity contribution in [2.45, 2.75) is 26.8 Å². The Bertz CT molecular complexity index is 455. The van der Waals surface area contributed by atoms with Gasteiger partial charge in [-0.05, 0) is 49.3 Å². The van der Waals surface area contributed by atoms with E-state index in [2.05, 4.69) is 35.4 Å². The van der Waals surface area contributed by atoms with Crippen molar-refractivity contribution in [1.82, 2.24) is 15.5 Å². The molecule has 0 spiro atoms. The van der Waals surface area contributed by atoms with Gasteiger partial charge in [-0.1, -0.05) is 19.9 Å². The second kappa shape index (κ2) is 7.41. The summed E-state index contributed by atoms with van der Waals surface area (Å²) in [6.07, 6.45) is 1.05. The van der Waals surface area contributed by atoms with Gasteiger partial charge < -0.3 is 15.5 Å². The summed E-state index contributed by atoms with van der Waals surface area (Å²) >= 11 is 0. The van der Waals surface area contributed by atoms with E-state index in [1.54, 1.807) is 0 Å². The number of likely N-dealkylation sites (N-methyl/N-ethyl adjacent to an activating group) is 1. The lowest BCUT2D eigenvalue weighted by molar-refractivity contribution is 0.0949. The molecule has 1 amide bonds. The number of benzene rings is 1. The van der Waals surface area contributed by atoms with Crippen LogP contribution in [0.15, 0.2) is 18.2 Å². The molecule has 4 nitrogen and oxygen atoms in total. The first kappa shape index (κ1) is 15.0. The number of carbonyl (C=O) groups is 1. The van der Waals surface area contributed by atoms with Crippen molar-refractivity contribution in [3.8, 4) is 0 Å². The summed E-state index contributed by atoms with van der Waals surface area (Å²) < 4.78 is 0. The first-order valence-corrected chi connectivity index (χ1v) is 7.57. The molecule has 1 aromatic carbocycles. The fourth-order valence-electron chi connectivity index (χ4n) is 2.59. The summed E-state index contributed by atoms with van der Waals surface area (Å²) in [5.41, 5.74) is 3.39. The molecule has 0 saturated carbocycles. The zero-order valence-electron chi connectivity index (χ0n) is 12.5. The standard InChI is InChI=1S/C16H25N3O/c1-3-19(4-2)10-9-18-16(20)14-6-5-13-7-8-17-12-15(13)11-14/h5-6,11,17H,3-4,7-10,12H2,1-2H3,(H,18,20). The average molecular weight is 275 g/mol. The second-order valence-electron chi connectivity index (χ2n) is 5.19. The molecular weight excluding hydrogens is 250 g/mol. The van der Waals surface area contributed by atoms with Crippen LogP contribution in [0.4, 0.5) is 0 Å². The van der Waals surface area contributed by atoms with Gasteiger partial charge in [0.2, 0.25) is 0 Å². The molecular formula is C16H25N3O. The highest BCUT2D eigenvalue weighted by atomic mass is 16.1. The SMILES string of the molecule is CCN(CC)CCNC(=O)c1ccc2c(c1)CNCC2. The summed E-state index contributed by atoms with van der Waals surface area (Å²) in [6.45, 7) is 9.84. The molecule has 0 fully saturated rings. The third-order valence-electron chi connectivity index (χ3n) is 3.96. The first-order chi connectivity index (χ1) is 9.74. The molecule has 110 valence electrons. The fourth-order valence-corrected chi connectivity index (χ4v) is 2.59. The Morgan fingerprint density at radius 3 is 2.85 bits per heavy atom. The molecule has 20 heavy (non-hydrogen) atoms. The van der Waals surface area contributed by atoms with Gasteiger partial charge >= 0.3 is 0 Å². The van der Waals surface area contributed by atoms with Gasteiger partial charge in [0, 0.05) is 25.2 Å². The Kier molecular flexibility index (Phi) is 5.56. The van der Waals surface area contributed by atoms with E-state index in [9.17, 15) is 4.79 Å². The monoisotopic (exact) mass is 275 g/mol. The van der Waals surface area contributed by atoms with Crippen molar-refractivity contribution in [3.05, 3.63) is 34.9 Å². The summed E-state index contributed by atoms with van der Waals surface area (Å²) in [5, 5.41) is 6.35. The van der Waals surface area contributed by atoms with Crippen molar-refractivity contribution >= 4 is 5.91 Å². The van der Waals surface area contributed by atoms with E-state index in [4.69, 9.17) is 0 Å². The van der Waals surface area contributed by atoms with Gasteiger partial charge in [-0.25, -0.2) is 0 Å². The van der Waals surface area contributed by atoms with E-state index in [1.807, 2.05) is 12.1 Å². The average Bonchev–Trinajstić information content (AvgIpc) is 2.51. The molecule has 1 aromatic rings. The number of nitrogens with one attached hydrogen (secondary N) is 2. The molecule has 4 heteroatoms. The molecule has 1 aliphatic heterocycles. The molecule has 0 aromatic heterocycles. The van der Waals surface area contributed by atoms with Crippen LogP contribution in [0.3, 0.4) is 0 Å². The zero-order chi connectivity index (χ0) is 14.4. The van der Waals surface area contributed by atoms with E-state index in [0.29, 0.717) is 6.54 Å². The number of nitrogens with zero attached hydrogens (tertiary/aromatic N) is 1. The quantitative estimate of drug-likeness (QED) is 0.825. The number of hydrogen-bond donors (Lipinski definition) is 2. The third-order valence-corrected chi connectivity index (χ3v) is 3.96. The second-order valence-corrected chi connectivity index (χ2v) is 5.19. The van der Waals surface area contributed by atoms with Crippen LogP contribution in [0.5, 0.6) is 0 Å². The molecule has 0 atom stereocenters. The lowest BCUT2D eigenvalue weighted by atomic mass is 9.98. The Balaban J connectivity index is 1.89. The number of carbonyl (C=O) groups excluding carboxylic acids is 1. The number of hydrogen-bond acceptors (Lipinski definition) is 3. The smallest absolute Gasteiger partial charge is 0.251 e. The van der Waals surface area contributed by atoms with Gasteiger partial charge in [-0.15, -0.1) is 0 Å². The van der Waals surface area contributed by atoms with Crippen molar-refractivity contribution in [2.75, 3.05) is 32.7 Å². The molecule has 0 saturated heterocycles. The van der Waals surface area contributed by atoms with E-state index >= 15 is 0 Å². The van der Waals surface area contributed by atoms with Gasteiger partial charge in [0.1, 0.15) is 0 Å². The van der Waals surface area contributed by atoms with Crippen molar-refractivity contribution in [3.63, 3.8) is 0 Å². The maximum absolute atomic E-state index is 12.1. The van der Waals surface area contributed by atoms with Gasteiger partial charge in [-0.3, -0.25) is 4.79 Å². The Hall–Kier alpha value is -1.39. The predicted octanol–water partition coefficient (Wildman–Crippen LogP) is 1.40. The first-order valence-electron chi connectivity index (χ1n) is 7.57. The van der Waals surface area contributed by atoms with Gasteiger partial charge in [0.05, 0.1) is 0 Å². The molecule has 0 unspecified atom stereocenters. The molecule has 2 rings (SSSR count). The van der Waals surface area contributed by atoms with Gasteiger partial charge in [-0.2, -0.15) is 0 Å². The van der Waals surface area contributed by atoms with Gasteiger partial charge in [0.25, 0.3) is 5.91 Å². The number of rotatable bonds is 6. The third kappa shape index (κ3) is 3.81. The minimum absolute atomic E-state index is 0.0329. The van der Waals surface area contributed by atoms with Crippen LogP contribution in [0.2, 0.25) is 0 Å². The minimum Gasteiger partial charge on any atom is -0.351 e. The number of fused-ring (bicyclic) bond motifs is 1. The van der Waals surface area contributed by atoms with Crippen LogP contribution in [0, 0.1) is 0 Å². The largest absolute Gasteiger partial charge is 0.351 e. The van der Waals surface area contributed by atoms with E-state index in [1.165, 1.54) is 11.1 Å². The summed E-state index contributed by atoms with van der Waals surface area (Å²) in [4.78, 5) is 14.4. The zero-order valence-corrected chi connectivity index (χ0v) is 12.5. The van der Waals surface area contributed by atoms with Gasteiger partial charge in [0.15, 0.2) is 0 Å². The summed E-state index contributed by atoms with van der Waals surface area (Å²) in [6, 6.07) is 6.06. The molecule has 0 radical (unpaired) electrons. The number of amides is 1. The molecule has 2 N–H and O–H groups in total. The van der Waals surface area contributed by atoms with Crippen molar-refractivity contribution < 1.29 is 4.79 Å². The predicted molar refractivity (Wildman–Crippen MR) is 82.0 cm³/mol. The minimum atomic E-state index is 0.0329. The highest BCUT2D eigenvalue weighted by Gasteiger charge is 2.12. The molecule has 1 heterocycles. The molecule has 0 aliphatic carbocycles. The van der Waals surface area contributed by atoms with E-state index in [0.717, 1.165) is 44.7 Å². The van der Waals surface area contributed by atoms with E-state index < -0.39 is 0 Å². The van der Waals surface area contributed by atoms with Crippen LogP contribution >= 0.6 is 0 Å². The maximum Gasteiger partial charge on any atom is 0.251 e. The molecule has 1 aliphatic rings. The highest BCUT2D eigenvalue weighted by Crippen LogP contribution is 2.15. The Morgan fingerprint density at radius 1 is 1.30 bits per heavy atom. The maximum atomic E-state index is 12.1. The van der Waals surface area contributed by atoms with Crippen LogP contribution in [-0.4, -0.2) is 43.5 Å². The fraction of sp³-hybridized carbons (Fsp3) is 0.562. The summed E-state index contributed by atoms with van der Waals surface area (Å²) in [7, 11) is 0. The van der Waals surface area contributed by atoms with Crippen LogP contribution in [0.1, 0.15) is 35.3 Å². The van der Waals surface area contributed by atoms with Crippen LogP contribution < -0.4 is 10.6 Å². The van der Waals surface area contributed by atoms with Crippen molar-refractivity contribution in [2.24, 2.45) is 0 Å². The highest BCUT2D eigenvalue weighted by molar-refractivity contribution is 5.94.